The van der Waals surface area contributed by atoms with Crippen molar-refractivity contribution in [2.45, 2.75) is 9.79 Å². The van der Waals surface area contributed by atoms with Gasteiger partial charge in [-0.1, -0.05) is 109 Å². The smallest absolute Gasteiger partial charge is 0.207 e. The predicted octanol–water partition coefficient (Wildman–Crippen LogP) is 7.96. The summed E-state index contributed by atoms with van der Waals surface area (Å²) in [5.41, 5.74) is 7.79. The van der Waals surface area contributed by atoms with Crippen LogP contribution < -0.4 is 0 Å². The molecular formula is C34H22N2O2S. The molecule has 0 radical (unpaired) electrons. The van der Waals surface area contributed by atoms with Crippen LogP contribution in [0, 0.1) is 0 Å². The first-order valence-electron chi connectivity index (χ1n) is 12.7. The largest absolute Gasteiger partial charge is 0.228 e. The van der Waals surface area contributed by atoms with Crippen LogP contribution in [0.1, 0.15) is 0 Å². The lowest BCUT2D eigenvalue weighted by Gasteiger charge is -2.11. The molecular weight excluding hydrogens is 500 g/mol. The van der Waals surface area contributed by atoms with Gasteiger partial charge in [0.25, 0.3) is 0 Å². The summed E-state index contributed by atoms with van der Waals surface area (Å²) in [7, 11) is -3.55. The van der Waals surface area contributed by atoms with Gasteiger partial charge in [0, 0.05) is 27.8 Å². The first-order valence-corrected chi connectivity index (χ1v) is 14.2. The number of benzene rings is 5. The Balaban J connectivity index is 1.35. The molecule has 0 fully saturated rings. The first-order chi connectivity index (χ1) is 19.1. The molecule has 1 aliphatic rings. The Kier molecular flexibility index (Phi) is 5.46. The number of hydrogen-bond acceptors (Lipinski definition) is 4. The summed E-state index contributed by atoms with van der Waals surface area (Å²) in [6.45, 7) is 0. The van der Waals surface area contributed by atoms with Gasteiger partial charge in [0.1, 0.15) is 0 Å². The lowest BCUT2D eigenvalue weighted by Crippen LogP contribution is -1.97. The van der Waals surface area contributed by atoms with Gasteiger partial charge in [-0.05, 0) is 35.4 Å². The van der Waals surface area contributed by atoms with Gasteiger partial charge in [0.2, 0.25) is 9.84 Å². The van der Waals surface area contributed by atoms with Gasteiger partial charge in [-0.25, -0.2) is 18.4 Å². The van der Waals surface area contributed by atoms with Crippen LogP contribution >= 0.6 is 0 Å². The number of fused-ring (bicyclic) bond motifs is 3. The molecule has 7 rings (SSSR count). The van der Waals surface area contributed by atoms with Crippen LogP contribution in [-0.2, 0) is 9.84 Å². The van der Waals surface area contributed by atoms with Crippen LogP contribution in [0.15, 0.2) is 143 Å². The molecule has 0 bridgehead atoms. The van der Waals surface area contributed by atoms with Crippen molar-refractivity contribution in [3.8, 4) is 56.2 Å². The summed E-state index contributed by atoms with van der Waals surface area (Å²) in [4.78, 5) is 10.6. The molecule has 0 N–H and O–H groups in total. The van der Waals surface area contributed by atoms with E-state index in [1.807, 2.05) is 115 Å². The second-order valence-corrected chi connectivity index (χ2v) is 11.4. The second-order valence-electron chi connectivity index (χ2n) is 9.49. The molecule has 0 unspecified atom stereocenters. The zero-order chi connectivity index (χ0) is 26.4. The van der Waals surface area contributed by atoms with Gasteiger partial charge in [-0.3, -0.25) is 0 Å². The number of nitrogens with zero attached hydrogens (tertiary/aromatic N) is 2. The van der Waals surface area contributed by atoms with Crippen molar-refractivity contribution >= 4 is 9.84 Å². The second kappa shape index (κ2) is 9.15. The van der Waals surface area contributed by atoms with Crippen LogP contribution in [0.2, 0.25) is 0 Å². The minimum atomic E-state index is -3.55. The minimum absolute atomic E-state index is 0.347. The average Bonchev–Trinajstić information content (AvgIpc) is 3.24. The van der Waals surface area contributed by atoms with E-state index in [0.717, 1.165) is 50.3 Å². The van der Waals surface area contributed by atoms with E-state index in [0.29, 0.717) is 15.6 Å². The van der Waals surface area contributed by atoms with Gasteiger partial charge >= 0.3 is 0 Å². The lowest BCUT2D eigenvalue weighted by molar-refractivity contribution is 0.598. The van der Waals surface area contributed by atoms with Crippen LogP contribution in [0.3, 0.4) is 0 Å². The maximum atomic E-state index is 13.3. The van der Waals surface area contributed by atoms with E-state index in [4.69, 9.17) is 9.97 Å². The zero-order valence-corrected chi connectivity index (χ0v) is 21.6. The van der Waals surface area contributed by atoms with E-state index in [9.17, 15) is 8.42 Å². The third-order valence-corrected chi connectivity index (χ3v) is 8.91. The molecule has 0 saturated heterocycles. The summed E-state index contributed by atoms with van der Waals surface area (Å²) in [5.74, 6) is 0.609. The van der Waals surface area contributed by atoms with Crippen molar-refractivity contribution in [1.82, 2.24) is 9.97 Å². The van der Waals surface area contributed by atoms with Gasteiger partial charge < -0.3 is 0 Å². The molecule has 0 saturated carbocycles. The maximum absolute atomic E-state index is 13.3. The molecule has 0 amide bonds. The highest BCUT2D eigenvalue weighted by atomic mass is 32.2. The van der Waals surface area contributed by atoms with Gasteiger partial charge in [0.15, 0.2) is 5.82 Å². The Bertz CT molecular complexity index is 1910. The molecule has 4 nitrogen and oxygen atoms in total. The monoisotopic (exact) mass is 522 g/mol. The Morgan fingerprint density at radius 1 is 0.410 bits per heavy atom. The van der Waals surface area contributed by atoms with Gasteiger partial charge in [0.05, 0.1) is 21.2 Å². The molecule has 0 aliphatic carbocycles. The number of rotatable bonds is 4. The Morgan fingerprint density at radius 2 is 0.949 bits per heavy atom. The summed E-state index contributed by atoms with van der Waals surface area (Å²) in [6, 6.07) is 42.9. The van der Waals surface area contributed by atoms with Crippen LogP contribution in [0.4, 0.5) is 0 Å². The molecule has 2 heterocycles. The van der Waals surface area contributed by atoms with Crippen molar-refractivity contribution in [1.29, 1.82) is 0 Å². The summed E-state index contributed by atoms with van der Waals surface area (Å²) >= 11 is 0. The van der Waals surface area contributed by atoms with E-state index in [1.54, 1.807) is 18.2 Å². The molecule has 1 aliphatic heterocycles. The van der Waals surface area contributed by atoms with E-state index in [2.05, 4.69) is 0 Å². The lowest BCUT2D eigenvalue weighted by atomic mass is 9.99. The Hall–Kier alpha value is -4.87. The highest BCUT2D eigenvalue weighted by Gasteiger charge is 2.32. The number of aromatic nitrogens is 2. The van der Waals surface area contributed by atoms with Crippen LogP contribution in [0.5, 0.6) is 0 Å². The molecule has 0 spiro atoms. The highest BCUT2D eigenvalue weighted by molar-refractivity contribution is 7.92. The Morgan fingerprint density at radius 3 is 1.64 bits per heavy atom. The fourth-order valence-corrected chi connectivity index (χ4v) is 6.83. The zero-order valence-electron chi connectivity index (χ0n) is 20.8. The van der Waals surface area contributed by atoms with Crippen molar-refractivity contribution in [3.05, 3.63) is 133 Å². The highest BCUT2D eigenvalue weighted by Crippen LogP contribution is 2.44. The molecule has 1 aromatic heterocycles. The first kappa shape index (κ1) is 23.3. The maximum Gasteiger partial charge on any atom is 0.207 e. The van der Waals surface area contributed by atoms with Crippen molar-refractivity contribution in [2.75, 3.05) is 0 Å². The van der Waals surface area contributed by atoms with Crippen molar-refractivity contribution < 1.29 is 8.42 Å². The molecule has 5 heteroatoms. The van der Waals surface area contributed by atoms with Gasteiger partial charge in [-0.2, -0.15) is 0 Å². The standard InChI is InChI=1S/C34H22N2O2S/c37-39(38)32-17-8-7-16-28(32)29-19-18-26(21-33(29)39)25-14-9-15-27(20-25)34-35-30(23-10-3-1-4-11-23)22-31(36-34)24-12-5-2-6-13-24/h1-22H. The minimum Gasteiger partial charge on any atom is -0.228 e. The molecule has 0 atom stereocenters. The van der Waals surface area contributed by atoms with E-state index >= 15 is 0 Å². The third kappa shape index (κ3) is 4.04. The fraction of sp³-hybridized carbons (Fsp3) is 0. The molecule has 186 valence electrons. The molecule has 6 aromatic rings. The van der Waals surface area contributed by atoms with Crippen LogP contribution in [-0.4, -0.2) is 18.4 Å². The predicted molar refractivity (Wildman–Crippen MR) is 155 cm³/mol. The van der Waals surface area contributed by atoms with Crippen molar-refractivity contribution in [2.24, 2.45) is 0 Å². The number of hydrogen-bond donors (Lipinski definition) is 0. The van der Waals surface area contributed by atoms with E-state index in [1.165, 1.54) is 0 Å². The SMILES string of the molecule is O=S1(=O)c2ccccc2-c2ccc(-c3cccc(-c4nc(-c5ccccc5)cc(-c5ccccc5)n4)c3)cc21. The van der Waals surface area contributed by atoms with E-state index in [-0.39, 0.29) is 0 Å². The van der Waals surface area contributed by atoms with Crippen LogP contribution in [0.25, 0.3) is 56.2 Å². The third-order valence-electron chi connectivity index (χ3n) is 7.06. The quantitative estimate of drug-likeness (QED) is 0.235. The Labute approximate surface area is 227 Å². The van der Waals surface area contributed by atoms with Crippen molar-refractivity contribution in [3.63, 3.8) is 0 Å². The summed E-state index contributed by atoms with van der Waals surface area (Å²) in [5, 5.41) is 0. The fourth-order valence-electron chi connectivity index (χ4n) is 5.12. The average molecular weight is 523 g/mol. The van der Waals surface area contributed by atoms with E-state index < -0.39 is 9.84 Å². The summed E-state index contributed by atoms with van der Waals surface area (Å²) in [6.07, 6.45) is 0. The van der Waals surface area contributed by atoms with Gasteiger partial charge in [-0.15, -0.1) is 0 Å². The summed E-state index contributed by atoms with van der Waals surface area (Å²) < 4.78 is 26.5. The normalized spacial score (nSPS) is 13.0. The molecule has 39 heavy (non-hydrogen) atoms. The topological polar surface area (TPSA) is 59.9 Å². The molecule has 5 aromatic carbocycles. The number of sulfone groups is 1.